The highest BCUT2D eigenvalue weighted by molar-refractivity contribution is 5.52. The van der Waals surface area contributed by atoms with E-state index >= 15 is 0 Å². The molecule has 0 unspecified atom stereocenters. The van der Waals surface area contributed by atoms with Crippen molar-refractivity contribution in [1.29, 1.82) is 5.26 Å². The molecule has 0 saturated carbocycles. The van der Waals surface area contributed by atoms with E-state index < -0.39 is 0 Å². The molecule has 76 valence electrons. The lowest BCUT2D eigenvalue weighted by Gasteiger charge is -2.11. The summed E-state index contributed by atoms with van der Waals surface area (Å²) in [6, 6.07) is 12.0. The summed E-state index contributed by atoms with van der Waals surface area (Å²) in [5.41, 5.74) is 2.02. The zero-order valence-electron chi connectivity index (χ0n) is 9.01. The molecule has 1 aromatic rings. The monoisotopic (exact) mass is 198 g/mol. The topological polar surface area (TPSA) is 27.0 Å². The van der Waals surface area contributed by atoms with E-state index in [4.69, 9.17) is 5.26 Å². The van der Waals surface area contributed by atoms with Gasteiger partial charge in [0.1, 0.15) is 0 Å². The second-order valence-corrected chi connectivity index (χ2v) is 3.34. The summed E-state index contributed by atoms with van der Waals surface area (Å²) in [5.74, 6) is 0. The van der Waals surface area contributed by atoms with E-state index in [0.29, 0.717) is 0 Å². The summed E-state index contributed by atoms with van der Waals surface area (Å²) >= 11 is 0. The SMILES string of the molecule is CN(C)C(=C\C#N)/C=C/c1ccccc1. The molecule has 2 heteroatoms. The fourth-order valence-corrected chi connectivity index (χ4v) is 1.14. The van der Waals surface area contributed by atoms with Crippen molar-refractivity contribution in [3.63, 3.8) is 0 Å². The van der Waals surface area contributed by atoms with Crippen LogP contribution in [-0.2, 0) is 0 Å². The highest BCUT2D eigenvalue weighted by atomic mass is 15.1. The van der Waals surface area contributed by atoms with Crippen molar-refractivity contribution in [2.45, 2.75) is 0 Å². The molecule has 0 bridgehead atoms. The van der Waals surface area contributed by atoms with Gasteiger partial charge >= 0.3 is 0 Å². The smallest absolute Gasteiger partial charge is 0.0933 e. The van der Waals surface area contributed by atoms with Crippen molar-refractivity contribution in [1.82, 2.24) is 4.90 Å². The summed E-state index contributed by atoms with van der Waals surface area (Å²) in [6.07, 6.45) is 5.45. The summed E-state index contributed by atoms with van der Waals surface area (Å²) in [6.45, 7) is 0. The van der Waals surface area contributed by atoms with Crippen molar-refractivity contribution in [3.8, 4) is 6.07 Å². The third kappa shape index (κ3) is 3.70. The average Bonchev–Trinajstić information content (AvgIpc) is 2.25. The summed E-state index contributed by atoms with van der Waals surface area (Å²) < 4.78 is 0. The summed E-state index contributed by atoms with van der Waals surface area (Å²) in [7, 11) is 3.83. The zero-order valence-corrected chi connectivity index (χ0v) is 9.01. The number of nitriles is 1. The Morgan fingerprint density at radius 2 is 1.93 bits per heavy atom. The second kappa shape index (κ2) is 5.66. The Hall–Kier alpha value is -2.01. The Kier molecular flexibility index (Phi) is 4.18. The van der Waals surface area contributed by atoms with Crippen LogP contribution in [0.3, 0.4) is 0 Å². The molecule has 0 aromatic heterocycles. The standard InChI is InChI=1S/C13H14N2/c1-15(2)13(10-11-14)9-8-12-6-4-3-5-7-12/h3-10H,1-2H3/b9-8+,13-10-. The lowest BCUT2D eigenvalue weighted by molar-refractivity contribution is 0.531. The van der Waals surface area contributed by atoms with Crippen LogP contribution in [0.4, 0.5) is 0 Å². The molecule has 0 aliphatic carbocycles. The van der Waals surface area contributed by atoms with Gasteiger partial charge in [0, 0.05) is 25.9 Å². The van der Waals surface area contributed by atoms with Gasteiger partial charge in [-0.15, -0.1) is 0 Å². The molecule has 0 amide bonds. The van der Waals surface area contributed by atoms with Crippen LogP contribution in [0.2, 0.25) is 0 Å². The Labute approximate surface area is 90.8 Å². The van der Waals surface area contributed by atoms with Gasteiger partial charge in [0.2, 0.25) is 0 Å². The summed E-state index contributed by atoms with van der Waals surface area (Å²) in [4.78, 5) is 1.91. The van der Waals surface area contributed by atoms with Crippen molar-refractivity contribution in [3.05, 3.63) is 53.7 Å². The van der Waals surface area contributed by atoms with E-state index in [2.05, 4.69) is 0 Å². The summed E-state index contributed by atoms with van der Waals surface area (Å²) in [5, 5.41) is 8.60. The molecule has 0 atom stereocenters. The maximum absolute atomic E-state index is 8.60. The Morgan fingerprint density at radius 3 is 2.47 bits per heavy atom. The molecular weight excluding hydrogens is 184 g/mol. The van der Waals surface area contributed by atoms with Crippen molar-refractivity contribution < 1.29 is 0 Å². The van der Waals surface area contributed by atoms with Crippen molar-refractivity contribution in [2.75, 3.05) is 14.1 Å². The first-order valence-corrected chi connectivity index (χ1v) is 4.74. The second-order valence-electron chi connectivity index (χ2n) is 3.34. The van der Waals surface area contributed by atoms with E-state index in [1.165, 1.54) is 6.08 Å². The molecular formula is C13H14N2. The third-order valence-corrected chi connectivity index (χ3v) is 1.97. The van der Waals surface area contributed by atoms with Gasteiger partial charge in [-0.1, -0.05) is 36.4 Å². The predicted molar refractivity (Wildman–Crippen MR) is 62.9 cm³/mol. The van der Waals surface area contributed by atoms with E-state index in [0.717, 1.165) is 11.3 Å². The van der Waals surface area contributed by atoms with Crippen LogP contribution in [0.25, 0.3) is 6.08 Å². The van der Waals surface area contributed by atoms with E-state index in [-0.39, 0.29) is 0 Å². The Balaban J connectivity index is 2.81. The van der Waals surface area contributed by atoms with Gasteiger partial charge in [-0.25, -0.2) is 0 Å². The van der Waals surface area contributed by atoms with Gasteiger partial charge in [0.15, 0.2) is 0 Å². The lowest BCUT2D eigenvalue weighted by Crippen LogP contribution is -2.08. The molecule has 0 spiro atoms. The molecule has 1 rings (SSSR count). The van der Waals surface area contributed by atoms with E-state index in [1.807, 2.05) is 67.5 Å². The van der Waals surface area contributed by atoms with E-state index in [9.17, 15) is 0 Å². The molecule has 0 N–H and O–H groups in total. The quantitative estimate of drug-likeness (QED) is 0.551. The van der Waals surface area contributed by atoms with Crippen molar-refractivity contribution >= 4 is 6.08 Å². The first kappa shape index (κ1) is 11.1. The van der Waals surface area contributed by atoms with Crippen LogP contribution in [0.5, 0.6) is 0 Å². The minimum absolute atomic E-state index is 0.890. The Morgan fingerprint density at radius 1 is 1.27 bits per heavy atom. The molecule has 0 fully saturated rings. The number of hydrogen-bond acceptors (Lipinski definition) is 2. The van der Waals surface area contributed by atoms with Gasteiger partial charge in [0.25, 0.3) is 0 Å². The normalized spacial score (nSPS) is 11.4. The van der Waals surface area contributed by atoms with Crippen LogP contribution >= 0.6 is 0 Å². The van der Waals surface area contributed by atoms with E-state index in [1.54, 1.807) is 0 Å². The Bertz CT molecular complexity index is 394. The lowest BCUT2D eigenvalue weighted by atomic mass is 10.2. The minimum Gasteiger partial charge on any atom is -0.377 e. The highest BCUT2D eigenvalue weighted by Gasteiger charge is 1.93. The van der Waals surface area contributed by atoms with Crippen LogP contribution in [0, 0.1) is 11.3 Å². The number of rotatable bonds is 3. The maximum atomic E-state index is 8.60. The predicted octanol–water partition coefficient (Wildman–Crippen LogP) is 2.67. The van der Waals surface area contributed by atoms with Crippen LogP contribution in [0.1, 0.15) is 5.56 Å². The largest absolute Gasteiger partial charge is 0.377 e. The van der Waals surface area contributed by atoms with Crippen molar-refractivity contribution in [2.24, 2.45) is 0 Å². The van der Waals surface area contributed by atoms with Crippen LogP contribution < -0.4 is 0 Å². The first-order valence-electron chi connectivity index (χ1n) is 4.74. The van der Waals surface area contributed by atoms with Crippen LogP contribution in [-0.4, -0.2) is 19.0 Å². The number of benzene rings is 1. The highest BCUT2D eigenvalue weighted by Crippen LogP contribution is 2.06. The van der Waals surface area contributed by atoms with Gasteiger partial charge in [-0.3, -0.25) is 0 Å². The maximum Gasteiger partial charge on any atom is 0.0933 e. The molecule has 0 aliphatic heterocycles. The molecule has 0 aliphatic rings. The minimum atomic E-state index is 0.890. The fourth-order valence-electron chi connectivity index (χ4n) is 1.14. The van der Waals surface area contributed by atoms with Gasteiger partial charge in [-0.05, 0) is 11.6 Å². The molecule has 0 heterocycles. The number of hydrogen-bond donors (Lipinski definition) is 0. The van der Waals surface area contributed by atoms with Gasteiger partial charge in [-0.2, -0.15) is 5.26 Å². The fraction of sp³-hybridized carbons (Fsp3) is 0.154. The number of likely N-dealkylation sites (N-methyl/N-ethyl adjacent to an activating group) is 1. The number of nitrogens with zero attached hydrogens (tertiary/aromatic N) is 2. The third-order valence-electron chi connectivity index (χ3n) is 1.97. The molecule has 0 radical (unpaired) electrons. The first-order chi connectivity index (χ1) is 7.24. The number of allylic oxidation sites excluding steroid dienone is 2. The molecule has 1 aromatic carbocycles. The average molecular weight is 198 g/mol. The molecule has 2 nitrogen and oxygen atoms in total. The molecule has 15 heavy (non-hydrogen) atoms. The van der Waals surface area contributed by atoms with Gasteiger partial charge in [0.05, 0.1) is 6.07 Å². The zero-order chi connectivity index (χ0) is 11.1. The van der Waals surface area contributed by atoms with Crippen LogP contribution in [0.15, 0.2) is 48.2 Å². The van der Waals surface area contributed by atoms with Gasteiger partial charge < -0.3 is 4.90 Å². The molecule has 0 saturated heterocycles.